The van der Waals surface area contributed by atoms with E-state index in [-0.39, 0.29) is 12.2 Å². The molecule has 10 heteroatoms. The molecule has 6 rings (SSSR count). The number of carbonyl (C=O) groups excluding carboxylic acids is 1. The van der Waals surface area contributed by atoms with Crippen LogP contribution < -0.4 is 11.0 Å². The second kappa shape index (κ2) is 13.6. The number of nitrogens with zero attached hydrogens (tertiary/aromatic N) is 2. The molecular weight excluding hydrogens is 598 g/mol. The number of nitrogens with one attached hydrogen (secondary N) is 1. The normalized spacial score (nSPS) is 21.2. The Bertz CT molecular complexity index is 1760. The third kappa shape index (κ3) is 6.09. The van der Waals surface area contributed by atoms with Gasteiger partial charge in [-0.1, -0.05) is 91.0 Å². The summed E-state index contributed by atoms with van der Waals surface area (Å²) in [5, 5.41) is 26.6. The molecule has 0 bridgehead atoms. The first-order valence-corrected chi connectivity index (χ1v) is 15.4. The van der Waals surface area contributed by atoms with E-state index >= 15 is 0 Å². The summed E-state index contributed by atoms with van der Waals surface area (Å²) in [6, 6.07) is 29.3. The highest BCUT2D eigenvalue weighted by atomic mass is 16.7. The van der Waals surface area contributed by atoms with Gasteiger partial charge < -0.3 is 29.7 Å². The third-order valence-electron chi connectivity index (χ3n) is 9.04. The van der Waals surface area contributed by atoms with Crippen LogP contribution in [0.5, 0.6) is 0 Å². The predicted octanol–water partition coefficient (Wildman–Crippen LogP) is 4.37. The van der Waals surface area contributed by atoms with Crippen LogP contribution in [0.25, 0.3) is 0 Å². The minimum absolute atomic E-state index is 0.0318. The second-order valence-electron chi connectivity index (χ2n) is 11.6. The number of aromatic nitrogens is 2. The molecular formula is C37H37N3O7. The van der Waals surface area contributed by atoms with Gasteiger partial charge in [-0.15, -0.1) is 0 Å². The lowest BCUT2D eigenvalue weighted by molar-refractivity contribution is -0.168. The molecule has 2 heterocycles. The van der Waals surface area contributed by atoms with Crippen LogP contribution in [0.1, 0.15) is 40.6 Å². The number of amides is 1. The van der Waals surface area contributed by atoms with E-state index in [1.807, 2.05) is 78.9 Å². The monoisotopic (exact) mass is 635 g/mol. The van der Waals surface area contributed by atoms with Gasteiger partial charge in [0, 0.05) is 38.8 Å². The Labute approximate surface area is 272 Å². The van der Waals surface area contributed by atoms with Gasteiger partial charge in [-0.2, -0.15) is 4.98 Å². The average molecular weight is 636 g/mol. The number of aliphatic hydroxyl groups excluding tert-OH is 2. The van der Waals surface area contributed by atoms with Crippen molar-refractivity contribution in [3.8, 4) is 0 Å². The summed E-state index contributed by atoms with van der Waals surface area (Å²) in [6.45, 7) is 0. The lowest BCUT2D eigenvalue weighted by atomic mass is 9.62. The van der Waals surface area contributed by atoms with Gasteiger partial charge in [-0.25, -0.2) is 4.79 Å². The highest BCUT2D eigenvalue weighted by Crippen LogP contribution is 2.48. The topological polar surface area (TPSA) is 132 Å². The summed E-state index contributed by atoms with van der Waals surface area (Å²) < 4.78 is 18.9. The molecule has 0 spiro atoms. The van der Waals surface area contributed by atoms with Gasteiger partial charge in [0.05, 0.1) is 11.5 Å². The molecule has 1 amide bonds. The first-order valence-electron chi connectivity index (χ1n) is 15.4. The molecule has 1 aromatic heterocycles. The van der Waals surface area contributed by atoms with Crippen molar-refractivity contribution in [3.05, 3.63) is 154 Å². The van der Waals surface area contributed by atoms with E-state index in [4.69, 9.17) is 14.2 Å². The Hall–Kier alpha value is -4.71. The SMILES string of the molecule is COC1(OC)C=CC(C(c2ccccc2)(c2ccccc2)C(O)[C@H]2O[C@@H](n3ccc(NC(=O)c4ccccc4)nc3=O)C[C@@H]2O)=CC1. The standard InChI is InChI=1S/C37H37N3O7/c1-45-36(46-2)21-18-28(19-22-36)37(26-14-8-4-9-15-26,27-16-10-5-11-17-27)33(42)32-29(41)24-31(47-32)40-23-20-30(39-35(40)44)38-34(43)25-12-6-3-7-13-25/h3-21,23,29,31-33,41-42H,22,24H2,1-2H3,(H,38,39,43,44)/t29-,31+,32-,33?/m0/s1. The molecule has 1 saturated heterocycles. The van der Waals surface area contributed by atoms with E-state index in [0.717, 1.165) is 16.7 Å². The fraction of sp³-hybridized carbons (Fsp3) is 0.270. The lowest BCUT2D eigenvalue weighted by Crippen LogP contribution is -2.52. The minimum Gasteiger partial charge on any atom is -0.390 e. The first kappa shape index (κ1) is 32.2. The summed E-state index contributed by atoms with van der Waals surface area (Å²) in [4.78, 5) is 29.8. The smallest absolute Gasteiger partial charge is 0.351 e. The molecule has 1 fully saturated rings. The first-order chi connectivity index (χ1) is 22.8. The van der Waals surface area contributed by atoms with Gasteiger partial charge in [-0.05, 0) is 41.0 Å². The van der Waals surface area contributed by atoms with E-state index in [1.165, 1.54) is 16.8 Å². The highest BCUT2D eigenvalue weighted by Gasteiger charge is 2.53. The molecule has 4 atom stereocenters. The van der Waals surface area contributed by atoms with Crippen molar-refractivity contribution in [1.82, 2.24) is 9.55 Å². The number of benzene rings is 3. The fourth-order valence-electron chi connectivity index (χ4n) is 6.56. The van der Waals surface area contributed by atoms with E-state index in [9.17, 15) is 19.8 Å². The number of rotatable bonds is 10. The van der Waals surface area contributed by atoms with Gasteiger partial charge in [0.1, 0.15) is 24.3 Å². The summed E-state index contributed by atoms with van der Waals surface area (Å²) in [7, 11) is 3.15. The number of hydrogen-bond acceptors (Lipinski definition) is 8. The van der Waals surface area contributed by atoms with Crippen LogP contribution in [0.2, 0.25) is 0 Å². The van der Waals surface area contributed by atoms with Crippen LogP contribution in [0, 0.1) is 0 Å². The van der Waals surface area contributed by atoms with Crippen LogP contribution in [-0.2, 0) is 19.6 Å². The molecule has 1 aliphatic heterocycles. The number of methoxy groups -OCH3 is 2. The van der Waals surface area contributed by atoms with E-state index in [2.05, 4.69) is 10.3 Å². The van der Waals surface area contributed by atoms with E-state index in [1.54, 1.807) is 44.6 Å². The molecule has 1 unspecified atom stereocenters. The van der Waals surface area contributed by atoms with Crippen LogP contribution in [0.3, 0.4) is 0 Å². The maximum Gasteiger partial charge on any atom is 0.351 e. The fourth-order valence-corrected chi connectivity index (χ4v) is 6.56. The Morgan fingerprint density at radius 3 is 2.11 bits per heavy atom. The molecule has 3 N–H and O–H groups in total. The Kier molecular flexibility index (Phi) is 9.31. The van der Waals surface area contributed by atoms with Crippen molar-refractivity contribution in [2.24, 2.45) is 0 Å². The van der Waals surface area contributed by atoms with Crippen LogP contribution in [-0.4, -0.2) is 64.0 Å². The summed E-state index contributed by atoms with van der Waals surface area (Å²) in [6.07, 6.45) is 3.11. The van der Waals surface area contributed by atoms with Crippen LogP contribution in [0.15, 0.2) is 132 Å². The zero-order valence-electron chi connectivity index (χ0n) is 26.1. The molecule has 4 aromatic rings. The van der Waals surface area contributed by atoms with Gasteiger partial charge in [-0.3, -0.25) is 9.36 Å². The van der Waals surface area contributed by atoms with E-state index in [0.29, 0.717) is 12.0 Å². The summed E-state index contributed by atoms with van der Waals surface area (Å²) >= 11 is 0. The molecule has 2 aliphatic rings. The average Bonchev–Trinajstić information content (AvgIpc) is 3.51. The molecule has 10 nitrogen and oxygen atoms in total. The summed E-state index contributed by atoms with van der Waals surface area (Å²) in [5.74, 6) is -1.27. The van der Waals surface area contributed by atoms with Gasteiger partial charge in [0.25, 0.3) is 5.91 Å². The van der Waals surface area contributed by atoms with Crippen molar-refractivity contribution in [2.45, 2.75) is 48.6 Å². The predicted molar refractivity (Wildman–Crippen MR) is 176 cm³/mol. The number of anilines is 1. The van der Waals surface area contributed by atoms with Crippen LogP contribution >= 0.6 is 0 Å². The quantitative estimate of drug-likeness (QED) is 0.219. The molecule has 3 aromatic carbocycles. The van der Waals surface area contributed by atoms with Gasteiger partial charge in [0.2, 0.25) is 0 Å². The lowest BCUT2D eigenvalue weighted by Gasteiger charge is -2.45. The zero-order chi connectivity index (χ0) is 33.0. The van der Waals surface area contributed by atoms with Crippen molar-refractivity contribution in [3.63, 3.8) is 0 Å². The van der Waals surface area contributed by atoms with Crippen molar-refractivity contribution >= 4 is 11.7 Å². The van der Waals surface area contributed by atoms with E-state index < -0.39 is 47.3 Å². The Morgan fingerprint density at radius 1 is 0.979 bits per heavy atom. The number of aliphatic hydroxyl groups is 2. The number of hydrogen-bond donors (Lipinski definition) is 3. The number of allylic oxidation sites excluding steroid dienone is 1. The molecule has 242 valence electrons. The van der Waals surface area contributed by atoms with Crippen molar-refractivity contribution < 1.29 is 29.2 Å². The maximum absolute atomic E-state index is 13.2. The maximum atomic E-state index is 13.2. The Morgan fingerprint density at radius 2 is 1.57 bits per heavy atom. The summed E-state index contributed by atoms with van der Waals surface area (Å²) in [5.41, 5.74) is 0.901. The van der Waals surface area contributed by atoms with Crippen LogP contribution in [0.4, 0.5) is 5.82 Å². The largest absolute Gasteiger partial charge is 0.390 e. The van der Waals surface area contributed by atoms with Crippen molar-refractivity contribution in [2.75, 3.05) is 19.5 Å². The molecule has 47 heavy (non-hydrogen) atoms. The second-order valence-corrected chi connectivity index (χ2v) is 11.6. The molecule has 0 radical (unpaired) electrons. The number of carbonyl (C=O) groups is 1. The van der Waals surface area contributed by atoms with Gasteiger partial charge in [0.15, 0.2) is 5.79 Å². The molecule has 0 saturated carbocycles. The highest BCUT2D eigenvalue weighted by molar-refractivity contribution is 6.03. The van der Waals surface area contributed by atoms with Crippen molar-refractivity contribution in [1.29, 1.82) is 0 Å². The zero-order valence-corrected chi connectivity index (χ0v) is 26.1. The minimum atomic E-state index is -1.31. The molecule has 1 aliphatic carbocycles. The van der Waals surface area contributed by atoms with Gasteiger partial charge >= 0.3 is 5.69 Å². The Balaban J connectivity index is 1.35. The third-order valence-corrected chi connectivity index (χ3v) is 9.04. The number of ether oxygens (including phenoxy) is 3.